The van der Waals surface area contributed by atoms with Crippen LogP contribution in [0.25, 0.3) is 0 Å². The monoisotopic (exact) mass is 312 g/mol. The fourth-order valence-electron chi connectivity index (χ4n) is 2.48. The first-order valence-corrected chi connectivity index (χ1v) is 8.38. The molecule has 7 heteroatoms. The van der Waals surface area contributed by atoms with E-state index in [4.69, 9.17) is 4.74 Å². The van der Waals surface area contributed by atoms with Gasteiger partial charge in [0.2, 0.25) is 10.0 Å². The lowest BCUT2D eigenvalue weighted by atomic mass is 10.1. The van der Waals surface area contributed by atoms with Gasteiger partial charge in [0.15, 0.2) is 0 Å². The summed E-state index contributed by atoms with van der Waals surface area (Å²) in [5.41, 5.74) is 0.237. The molecule has 1 saturated carbocycles. The van der Waals surface area contributed by atoms with Crippen LogP contribution < -0.4 is 14.8 Å². The van der Waals surface area contributed by atoms with Crippen LogP contribution in [0, 0.1) is 0 Å². The van der Waals surface area contributed by atoms with Gasteiger partial charge >= 0.3 is 0 Å². The molecule has 1 aliphatic carbocycles. The number of methoxy groups -OCH3 is 1. The molecule has 0 saturated heterocycles. The van der Waals surface area contributed by atoms with E-state index in [0.717, 1.165) is 25.7 Å². The molecule has 1 fully saturated rings. The van der Waals surface area contributed by atoms with Gasteiger partial charge in [-0.3, -0.25) is 4.79 Å². The molecule has 0 radical (unpaired) electrons. The van der Waals surface area contributed by atoms with Crippen molar-refractivity contribution in [1.82, 2.24) is 10.0 Å². The Kier molecular flexibility index (Phi) is 4.84. The van der Waals surface area contributed by atoms with Crippen LogP contribution in [0.4, 0.5) is 0 Å². The summed E-state index contributed by atoms with van der Waals surface area (Å²) in [4.78, 5) is 12.4. The average molecular weight is 312 g/mol. The molecule has 0 aromatic heterocycles. The third-order valence-corrected chi connectivity index (χ3v) is 5.10. The van der Waals surface area contributed by atoms with Crippen molar-refractivity contribution >= 4 is 15.9 Å². The summed E-state index contributed by atoms with van der Waals surface area (Å²) in [6, 6.07) is 4.41. The van der Waals surface area contributed by atoms with Crippen LogP contribution in [-0.4, -0.2) is 34.5 Å². The number of carbonyl (C=O) groups excluding carboxylic acids is 1. The number of carbonyl (C=O) groups is 1. The van der Waals surface area contributed by atoms with Gasteiger partial charge in [0.05, 0.1) is 17.6 Å². The lowest BCUT2D eigenvalue weighted by Crippen LogP contribution is -2.33. The number of benzene rings is 1. The van der Waals surface area contributed by atoms with Crippen LogP contribution in [0.3, 0.4) is 0 Å². The molecule has 1 aromatic rings. The smallest absolute Gasteiger partial charge is 0.255 e. The summed E-state index contributed by atoms with van der Waals surface area (Å²) >= 11 is 0. The van der Waals surface area contributed by atoms with Crippen LogP contribution in [0.1, 0.15) is 36.0 Å². The van der Waals surface area contributed by atoms with Gasteiger partial charge < -0.3 is 10.1 Å². The van der Waals surface area contributed by atoms with Crippen LogP contribution >= 0.6 is 0 Å². The van der Waals surface area contributed by atoms with Crippen molar-refractivity contribution < 1.29 is 17.9 Å². The molecular formula is C14H20N2O4S. The predicted molar refractivity (Wildman–Crippen MR) is 79.0 cm³/mol. The minimum atomic E-state index is -3.59. The molecule has 116 valence electrons. The molecule has 0 spiro atoms. The van der Waals surface area contributed by atoms with E-state index in [1.165, 1.54) is 32.4 Å². The van der Waals surface area contributed by atoms with Gasteiger partial charge in [-0.15, -0.1) is 0 Å². The number of sulfonamides is 1. The molecule has 0 bridgehead atoms. The highest BCUT2D eigenvalue weighted by Crippen LogP contribution is 2.24. The maximum atomic E-state index is 12.3. The maximum Gasteiger partial charge on any atom is 0.255 e. The Morgan fingerprint density at radius 2 is 1.95 bits per heavy atom. The lowest BCUT2D eigenvalue weighted by molar-refractivity contribution is 0.0934. The molecule has 21 heavy (non-hydrogen) atoms. The molecular weight excluding hydrogens is 292 g/mol. The second-order valence-corrected chi connectivity index (χ2v) is 6.91. The minimum absolute atomic E-state index is 0.0439. The first-order valence-electron chi connectivity index (χ1n) is 6.90. The number of hydrogen-bond acceptors (Lipinski definition) is 4. The second-order valence-electron chi connectivity index (χ2n) is 5.02. The summed E-state index contributed by atoms with van der Waals surface area (Å²) in [6.45, 7) is 0. The zero-order chi connectivity index (χ0) is 15.5. The first-order chi connectivity index (χ1) is 9.97. The highest BCUT2D eigenvalue weighted by atomic mass is 32.2. The van der Waals surface area contributed by atoms with Gasteiger partial charge in [-0.2, -0.15) is 0 Å². The highest BCUT2D eigenvalue weighted by molar-refractivity contribution is 7.89. The molecule has 1 aliphatic rings. The molecule has 0 heterocycles. The van der Waals surface area contributed by atoms with Crippen molar-refractivity contribution in [1.29, 1.82) is 0 Å². The van der Waals surface area contributed by atoms with Crippen molar-refractivity contribution in [3.05, 3.63) is 23.8 Å². The van der Waals surface area contributed by atoms with Gasteiger partial charge in [0, 0.05) is 6.04 Å². The Labute approximate surface area is 124 Å². The first kappa shape index (κ1) is 15.8. The van der Waals surface area contributed by atoms with E-state index < -0.39 is 10.0 Å². The molecule has 1 aromatic carbocycles. The normalized spacial score (nSPS) is 15.9. The van der Waals surface area contributed by atoms with E-state index in [-0.39, 0.29) is 22.4 Å². The van der Waals surface area contributed by atoms with Crippen molar-refractivity contribution in [2.75, 3.05) is 14.2 Å². The van der Waals surface area contributed by atoms with E-state index in [9.17, 15) is 13.2 Å². The average Bonchev–Trinajstić information content (AvgIpc) is 2.99. The fourth-order valence-corrected chi connectivity index (χ4v) is 3.24. The van der Waals surface area contributed by atoms with Crippen molar-refractivity contribution in [3.8, 4) is 5.75 Å². The number of nitrogens with one attached hydrogen (secondary N) is 2. The summed E-state index contributed by atoms with van der Waals surface area (Å²) < 4.78 is 31.1. The summed E-state index contributed by atoms with van der Waals surface area (Å²) in [7, 11) is -0.808. The molecule has 2 rings (SSSR count). The van der Waals surface area contributed by atoms with Gasteiger partial charge in [0.1, 0.15) is 5.75 Å². The van der Waals surface area contributed by atoms with E-state index in [1.807, 2.05) is 0 Å². The lowest BCUT2D eigenvalue weighted by Gasteiger charge is -2.15. The third kappa shape index (κ3) is 3.54. The van der Waals surface area contributed by atoms with Gasteiger partial charge in [-0.1, -0.05) is 12.8 Å². The summed E-state index contributed by atoms with van der Waals surface area (Å²) in [5.74, 6) is 0.0625. The fraction of sp³-hybridized carbons (Fsp3) is 0.500. The van der Waals surface area contributed by atoms with Crippen LogP contribution in [0.2, 0.25) is 0 Å². The van der Waals surface area contributed by atoms with Crippen molar-refractivity contribution in [3.63, 3.8) is 0 Å². The van der Waals surface area contributed by atoms with E-state index >= 15 is 0 Å². The summed E-state index contributed by atoms with van der Waals surface area (Å²) in [6.07, 6.45) is 4.14. The quantitative estimate of drug-likeness (QED) is 0.857. The van der Waals surface area contributed by atoms with Crippen molar-refractivity contribution in [2.45, 2.75) is 36.6 Å². The molecule has 1 amide bonds. The Bertz CT molecular complexity index is 622. The van der Waals surface area contributed by atoms with Crippen molar-refractivity contribution in [2.24, 2.45) is 0 Å². The second kappa shape index (κ2) is 6.44. The topological polar surface area (TPSA) is 84.5 Å². The SMILES string of the molecule is CNS(=O)(=O)c1ccc(OC)c(C(=O)NC2CCCC2)c1. The van der Waals surface area contributed by atoms with Crippen LogP contribution in [-0.2, 0) is 10.0 Å². The summed E-state index contributed by atoms with van der Waals surface area (Å²) in [5, 5.41) is 2.93. The maximum absolute atomic E-state index is 12.3. The number of hydrogen-bond donors (Lipinski definition) is 2. The molecule has 0 aliphatic heterocycles. The van der Waals surface area contributed by atoms with Gasteiger partial charge in [-0.25, -0.2) is 13.1 Å². The minimum Gasteiger partial charge on any atom is -0.496 e. The Balaban J connectivity index is 2.31. The third-order valence-electron chi connectivity index (χ3n) is 3.68. The van der Waals surface area contributed by atoms with E-state index in [1.54, 1.807) is 0 Å². The Morgan fingerprint density at radius 3 is 2.52 bits per heavy atom. The molecule has 2 N–H and O–H groups in total. The standard InChI is InChI=1S/C14H20N2O4S/c1-15-21(18,19)11-7-8-13(20-2)12(9-11)14(17)16-10-5-3-4-6-10/h7-10,15H,3-6H2,1-2H3,(H,16,17). The van der Waals surface area contributed by atoms with E-state index in [0.29, 0.717) is 5.75 Å². The van der Waals surface area contributed by atoms with E-state index in [2.05, 4.69) is 10.0 Å². The Morgan fingerprint density at radius 1 is 1.29 bits per heavy atom. The molecule has 6 nitrogen and oxygen atoms in total. The Hall–Kier alpha value is -1.60. The van der Waals surface area contributed by atoms with Crippen LogP contribution in [0.5, 0.6) is 5.75 Å². The van der Waals surface area contributed by atoms with Gasteiger partial charge in [0.25, 0.3) is 5.91 Å². The van der Waals surface area contributed by atoms with Gasteiger partial charge in [-0.05, 0) is 38.1 Å². The zero-order valence-electron chi connectivity index (χ0n) is 12.2. The number of amides is 1. The van der Waals surface area contributed by atoms with Crippen LogP contribution in [0.15, 0.2) is 23.1 Å². The number of rotatable bonds is 5. The highest BCUT2D eigenvalue weighted by Gasteiger charge is 2.22. The molecule has 0 atom stereocenters. The predicted octanol–water partition coefficient (Wildman–Crippen LogP) is 1.28. The largest absolute Gasteiger partial charge is 0.496 e. The zero-order valence-corrected chi connectivity index (χ0v) is 13.0. The number of ether oxygens (including phenoxy) is 1. The molecule has 0 unspecified atom stereocenters.